The molecule has 4 aromatic carbocycles. The van der Waals surface area contributed by atoms with Crippen LogP contribution in [0.15, 0.2) is 103 Å². The molecule has 2 aliphatic rings. The van der Waals surface area contributed by atoms with Crippen molar-refractivity contribution in [3.05, 3.63) is 114 Å². The first-order valence-corrected chi connectivity index (χ1v) is 11.5. The summed E-state index contributed by atoms with van der Waals surface area (Å²) in [6.07, 6.45) is 6.93. The molecule has 0 aromatic heterocycles. The van der Waals surface area contributed by atoms with Gasteiger partial charge in [-0.3, -0.25) is 0 Å². The molecule has 0 saturated heterocycles. The SMILES string of the molecule is CC1(C)C2=C(CCC=C2)c2c(Nc3ccc(-c4ccc5ccccc5c4)cc3)cccc21. The van der Waals surface area contributed by atoms with Gasteiger partial charge in [0.2, 0.25) is 0 Å². The second-order valence-corrected chi connectivity index (χ2v) is 9.45. The Bertz CT molecular complexity index is 1400. The Hall–Kier alpha value is -3.58. The Labute approximate surface area is 190 Å². The van der Waals surface area contributed by atoms with Gasteiger partial charge in [-0.2, -0.15) is 0 Å². The van der Waals surface area contributed by atoms with Crippen LogP contribution < -0.4 is 5.32 Å². The summed E-state index contributed by atoms with van der Waals surface area (Å²) in [7, 11) is 0. The van der Waals surface area contributed by atoms with Gasteiger partial charge in [0, 0.05) is 22.4 Å². The van der Waals surface area contributed by atoms with E-state index in [1.54, 1.807) is 0 Å². The zero-order valence-corrected chi connectivity index (χ0v) is 18.7. The molecule has 1 heteroatoms. The molecule has 4 aromatic rings. The largest absolute Gasteiger partial charge is 0.355 e. The predicted molar refractivity (Wildman–Crippen MR) is 137 cm³/mol. The molecule has 1 N–H and O–H groups in total. The number of hydrogen-bond donors (Lipinski definition) is 1. The van der Waals surface area contributed by atoms with Crippen molar-refractivity contribution in [3.8, 4) is 11.1 Å². The van der Waals surface area contributed by atoms with Crippen LogP contribution in [0.5, 0.6) is 0 Å². The van der Waals surface area contributed by atoms with E-state index in [4.69, 9.17) is 0 Å². The van der Waals surface area contributed by atoms with E-state index < -0.39 is 0 Å². The number of allylic oxidation sites excluding steroid dienone is 4. The number of rotatable bonds is 3. The summed E-state index contributed by atoms with van der Waals surface area (Å²) in [5, 5.41) is 6.28. The van der Waals surface area contributed by atoms with Crippen molar-refractivity contribution < 1.29 is 0 Å². The van der Waals surface area contributed by atoms with E-state index in [1.807, 2.05) is 0 Å². The van der Waals surface area contributed by atoms with E-state index >= 15 is 0 Å². The van der Waals surface area contributed by atoms with E-state index in [9.17, 15) is 0 Å². The van der Waals surface area contributed by atoms with Gasteiger partial charge in [0.15, 0.2) is 0 Å². The predicted octanol–water partition coefficient (Wildman–Crippen LogP) is 8.65. The summed E-state index contributed by atoms with van der Waals surface area (Å²) in [6.45, 7) is 4.71. The van der Waals surface area contributed by atoms with Crippen molar-refractivity contribution in [1.82, 2.24) is 0 Å². The number of hydrogen-bond acceptors (Lipinski definition) is 1. The Morgan fingerprint density at radius 1 is 0.750 bits per heavy atom. The summed E-state index contributed by atoms with van der Waals surface area (Å²) >= 11 is 0. The first-order valence-electron chi connectivity index (χ1n) is 11.5. The van der Waals surface area contributed by atoms with E-state index in [-0.39, 0.29) is 5.41 Å². The van der Waals surface area contributed by atoms with Crippen LogP contribution in [0.2, 0.25) is 0 Å². The fraction of sp³-hybridized carbons (Fsp3) is 0.161. The normalized spacial score (nSPS) is 16.2. The lowest BCUT2D eigenvalue weighted by molar-refractivity contribution is 0.651. The van der Waals surface area contributed by atoms with Crippen LogP contribution in [0, 0.1) is 0 Å². The summed E-state index contributed by atoms with van der Waals surface area (Å²) in [5.74, 6) is 0. The minimum atomic E-state index is 0.0687. The monoisotopic (exact) mass is 413 g/mol. The van der Waals surface area contributed by atoms with Crippen LogP contribution >= 0.6 is 0 Å². The highest BCUT2D eigenvalue weighted by atomic mass is 14.9. The van der Waals surface area contributed by atoms with E-state index in [0.717, 1.165) is 18.5 Å². The minimum Gasteiger partial charge on any atom is -0.355 e. The van der Waals surface area contributed by atoms with Gasteiger partial charge in [0.1, 0.15) is 0 Å². The van der Waals surface area contributed by atoms with Gasteiger partial charge in [0.25, 0.3) is 0 Å². The fourth-order valence-electron chi connectivity index (χ4n) is 5.43. The Balaban J connectivity index is 1.33. The second-order valence-electron chi connectivity index (χ2n) is 9.45. The topological polar surface area (TPSA) is 12.0 Å². The van der Waals surface area contributed by atoms with Gasteiger partial charge in [0.05, 0.1) is 0 Å². The molecule has 0 fully saturated rings. The Morgan fingerprint density at radius 2 is 1.53 bits per heavy atom. The second kappa shape index (κ2) is 7.24. The third-order valence-electron chi connectivity index (χ3n) is 7.13. The van der Waals surface area contributed by atoms with Crippen LogP contribution in [0.1, 0.15) is 37.8 Å². The van der Waals surface area contributed by atoms with Crippen LogP contribution in [0.25, 0.3) is 27.5 Å². The molecule has 0 amide bonds. The number of nitrogens with one attached hydrogen (secondary N) is 1. The summed E-state index contributed by atoms with van der Waals surface area (Å²) in [4.78, 5) is 0. The summed E-state index contributed by atoms with van der Waals surface area (Å²) in [5.41, 5.74) is 10.8. The molecule has 0 radical (unpaired) electrons. The molecule has 0 unspecified atom stereocenters. The highest BCUT2D eigenvalue weighted by Gasteiger charge is 2.38. The molecular weight excluding hydrogens is 386 g/mol. The minimum absolute atomic E-state index is 0.0687. The lowest BCUT2D eigenvalue weighted by Crippen LogP contribution is -2.16. The van der Waals surface area contributed by atoms with E-state index in [0.29, 0.717) is 0 Å². The molecule has 0 heterocycles. The number of anilines is 2. The average Bonchev–Trinajstić information content (AvgIpc) is 3.07. The molecule has 0 bridgehead atoms. The van der Waals surface area contributed by atoms with Gasteiger partial charge in [-0.25, -0.2) is 0 Å². The first-order chi connectivity index (χ1) is 15.6. The van der Waals surface area contributed by atoms with Crippen molar-refractivity contribution in [2.45, 2.75) is 32.1 Å². The molecule has 0 aliphatic heterocycles. The zero-order valence-electron chi connectivity index (χ0n) is 18.7. The van der Waals surface area contributed by atoms with Crippen molar-refractivity contribution in [2.75, 3.05) is 5.32 Å². The van der Waals surface area contributed by atoms with Gasteiger partial charge in [-0.05, 0) is 75.7 Å². The molecular formula is C31H27N. The number of benzene rings is 4. The third kappa shape index (κ3) is 3.00. The summed E-state index contributed by atoms with van der Waals surface area (Å²) < 4.78 is 0. The van der Waals surface area contributed by atoms with Crippen molar-refractivity contribution in [2.24, 2.45) is 0 Å². The molecule has 0 saturated carbocycles. The van der Waals surface area contributed by atoms with Gasteiger partial charge >= 0.3 is 0 Å². The maximum absolute atomic E-state index is 3.73. The molecule has 6 rings (SSSR count). The lowest BCUT2D eigenvalue weighted by Gasteiger charge is -2.24. The highest BCUT2D eigenvalue weighted by molar-refractivity contribution is 5.91. The van der Waals surface area contributed by atoms with Crippen LogP contribution in [-0.2, 0) is 5.41 Å². The molecule has 1 nitrogen and oxygen atoms in total. The fourth-order valence-corrected chi connectivity index (χ4v) is 5.43. The van der Waals surface area contributed by atoms with Gasteiger partial charge in [-0.15, -0.1) is 0 Å². The van der Waals surface area contributed by atoms with Crippen LogP contribution in [-0.4, -0.2) is 0 Å². The Morgan fingerprint density at radius 3 is 2.38 bits per heavy atom. The highest BCUT2D eigenvalue weighted by Crippen LogP contribution is 2.52. The maximum Gasteiger partial charge on any atom is 0.0463 e. The zero-order chi connectivity index (χ0) is 21.7. The van der Waals surface area contributed by atoms with Crippen molar-refractivity contribution in [1.29, 1.82) is 0 Å². The molecule has 32 heavy (non-hydrogen) atoms. The summed E-state index contributed by atoms with van der Waals surface area (Å²) in [6, 6.07) is 30.7. The van der Waals surface area contributed by atoms with Crippen LogP contribution in [0.3, 0.4) is 0 Å². The van der Waals surface area contributed by atoms with Crippen LogP contribution in [0.4, 0.5) is 11.4 Å². The molecule has 2 aliphatic carbocycles. The van der Waals surface area contributed by atoms with Gasteiger partial charge in [-0.1, -0.05) is 86.7 Å². The maximum atomic E-state index is 3.73. The lowest BCUT2D eigenvalue weighted by atomic mass is 9.80. The van der Waals surface area contributed by atoms with E-state index in [1.165, 1.54) is 49.9 Å². The average molecular weight is 414 g/mol. The Kier molecular flexibility index (Phi) is 4.33. The van der Waals surface area contributed by atoms with Crippen molar-refractivity contribution in [3.63, 3.8) is 0 Å². The first kappa shape index (κ1) is 19.1. The van der Waals surface area contributed by atoms with Crippen molar-refractivity contribution >= 4 is 27.7 Å². The van der Waals surface area contributed by atoms with Gasteiger partial charge < -0.3 is 5.32 Å². The molecule has 0 atom stereocenters. The smallest absolute Gasteiger partial charge is 0.0463 e. The van der Waals surface area contributed by atoms with E-state index in [2.05, 4.69) is 116 Å². The molecule has 156 valence electrons. The third-order valence-corrected chi connectivity index (χ3v) is 7.13. The molecule has 0 spiro atoms. The number of fused-ring (bicyclic) bond motifs is 3. The quantitative estimate of drug-likeness (QED) is 0.354. The standard InChI is InChI=1S/C31H27N/c1-31(2)27-11-6-5-10-26(27)30-28(31)12-7-13-29(30)32-25-18-16-22(17-19-25)24-15-14-21-8-3-4-9-23(21)20-24/h3-4,6-9,11-20,32H,5,10H2,1-2H3.